The molecule has 2 amide bonds. The number of carbonyl (C=O) groups is 2. The average Bonchev–Trinajstić information content (AvgIpc) is 2.99. The minimum atomic E-state index is -4.68. The summed E-state index contributed by atoms with van der Waals surface area (Å²) >= 11 is 6.07. The Bertz CT molecular complexity index is 1670. The number of nitrogens with one attached hydrogen (secondary N) is 2. The number of hydrogen-bond acceptors (Lipinski definition) is 6. The van der Waals surface area contributed by atoms with Crippen LogP contribution in [0, 0.1) is 5.82 Å². The molecule has 1 aliphatic heterocycles. The highest BCUT2D eigenvalue weighted by atomic mass is 35.5. The Morgan fingerprint density at radius 3 is 2.43 bits per heavy atom. The first-order valence-electron chi connectivity index (χ1n) is 14.6. The summed E-state index contributed by atoms with van der Waals surface area (Å²) in [6, 6.07) is 16.8. The van der Waals surface area contributed by atoms with E-state index in [0.717, 1.165) is 11.8 Å². The van der Waals surface area contributed by atoms with Crippen LogP contribution in [0.25, 0.3) is 0 Å². The second kappa shape index (κ2) is 15.5. The number of nitrogens with zero attached hydrogens (tertiary/aromatic N) is 1. The smallest absolute Gasteiger partial charge is 0.407 e. The normalized spacial score (nSPS) is 17.6. The second-order valence-corrected chi connectivity index (χ2v) is 13.8. The van der Waals surface area contributed by atoms with Crippen LogP contribution in [0.1, 0.15) is 35.4 Å². The van der Waals surface area contributed by atoms with E-state index in [2.05, 4.69) is 10.6 Å². The highest BCUT2D eigenvalue weighted by Gasteiger charge is 2.35. The van der Waals surface area contributed by atoms with Crippen LogP contribution in [0.4, 0.5) is 28.0 Å². The minimum absolute atomic E-state index is 0.0419. The van der Waals surface area contributed by atoms with Gasteiger partial charge in [-0.15, -0.1) is 0 Å². The first-order valence-corrected chi connectivity index (χ1v) is 16.9. The van der Waals surface area contributed by atoms with E-state index >= 15 is 4.39 Å². The molecule has 4 rings (SSSR count). The fourth-order valence-electron chi connectivity index (χ4n) is 5.37. The number of ether oxygens (including phenoxy) is 1. The molecule has 254 valence electrons. The third-order valence-corrected chi connectivity index (χ3v) is 9.07. The molecule has 0 spiro atoms. The molecule has 0 radical (unpaired) electrons. The van der Waals surface area contributed by atoms with Crippen molar-refractivity contribution in [2.75, 3.05) is 37.8 Å². The van der Waals surface area contributed by atoms with Crippen molar-refractivity contribution >= 4 is 39.1 Å². The maximum Gasteiger partial charge on any atom is 0.407 e. The fraction of sp³-hybridized carbons (Fsp3) is 0.375. The Labute approximate surface area is 274 Å². The molecule has 3 N–H and O–H groups in total. The van der Waals surface area contributed by atoms with E-state index < -0.39 is 65.0 Å². The lowest BCUT2D eigenvalue weighted by Crippen LogP contribution is -2.53. The molecule has 1 heterocycles. The summed E-state index contributed by atoms with van der Waals surface area (Å²) in [4.78, 5) is 25.0. The molecule has 1 fully saturated rings. The van der Waals surface area contributed by atoms with Gasteiger partial charge in [0.2, 0.25) is 5.91 Å². The van der Waals surface area contributed by atoms with Crippen molar-refractivity contribution in [1.29, 1.82) is 0 Å². The van der Waals surface area contributed by atoms with E-state index in [-0.39, 0.29) is 47.0 Å². The molecule has 0 bridgehead atoms. The maximum absolute atomic E-state index is 15.0. The summed E-state index contributed by atoms with van der Waals surface area (Å²) < 4.78 is 83.4. The molecule has 3 aromatic rings. The summed E-state index contributed by atoms with van der Waals surface area (Å²) in [5, 5.41) is 15.4. The summed E-state index contributed by atoms with van der Waals surface area (Å²) in [5.74, 6) is -1.54. The highest BCUT2D eigenvalue weighted by Crippen LogP contribution is 2.32. The van der Waals surface area contributed by atoms with Crippen LogP contribution in [0.15, 0.2) is 71.6 Å². The van der Waals surface area contributed by atoms with Crippen LogP contribution >= 0.6 is 11.6 Å². The van der Waals surface area contributed by atoms with Gasteiger partial charge in [-0.05, 0) is 60.4 Å². The third-order valence-electron chi connectivity index (χ3n) is 7.71. The molecule has 47 heavy (non-hydrogen) atoms. The molecule has 9 nitrogen and oxygen atoms in total. The zero-order chi connectivity index (χ0) is 34.4. The monoisotopic (exact) mass is 699 g/mol. The Balaban J connectivity index is 1.42. The molecule has 0 aliphatic carbocycles. The molecular weight excluding hydrogens is 666 g/mol. The second-order valence-electron chi connectivity index (χ2n) is 11.3. The fourth-order valence-corrected chi connectivity index (χ4v) is 6.17. The first-order chi connectivity index (χ1) is 22.1. The van der Waals surface area contributed by atoms with Gasteiger partial charge in [0.1, 0.15) is 12.4 Å². The number of carbonyl (C=O) groups excluding carboxylic acids is 1. The van der Waals surface area contributed by atoms with Crippen LogP contribution in [0.5, 0.6) is 0 Å². The lowest BCUT2D eigenvalue weighted by atomic mass is 9.88. The molecule has 0 unspecified atom stereocenters. The predicted octanol–water partition coefficient (Wildman–Crippen LogP) is 5.88. The minimum Gasteiger partial charge on any atom is -0.465 e. The van der Waals surface area contributed by atoms with E-state index in [1.165, 1.54) is 24.3 Å². The van der Waals surface area contributed by atoms with Gasteiger partial charge in [0, 0.05) is 54.0 Å². The van der Waals surface area contributed by atoms with E-state index in [4.69, 9.17) is 21.4 Å². The van der Waals surface area contributed by atoms with Gasteiger partial charge < -0.3 is 20.5 Å². The van der Waals surface area contributed by atoms with E-state index in [1.807, 2.05) is 0 Å². The number of anilines is 1. The van der Waals surface area contributed by atoms with Gasteiger partial charge >= 0.3 is 12.3 Å². The van der Waals surface area contributed by atoms with Crippen molar-refractivity contribution in [2.45, 2.75) is 48.4 Å². The molecule has 1 saturated heterocycles. The largest absolute Gasteiger partial charge is 0.465 e. The molecule has 3 aromatic carbocycles. The number of benzene rings is 3. The first kappa shape index (κ1) is 36.1. The summed E-state index contributed by atoms with van der Waals surface area (Å²) in [6.07, 6.45) is -5.34. The van der Waals surface area contributed by atoms with Crippen molar-refractivity contribution in [3.8, 4) is 0 Å². The molecule has 15 heteroatoms. The Hall–Kier alpha value is -3.72. The van der Waals surface area contributed by atoms with Gasteiger partial charge in [0.25, 0.3) is 0 Å². The van der Waals surface area contributed by atoms with Crippen LogP contribution in [0.3, 0.4) is 0 Å². The zero-order valence-corrected chi connectivity index (χ0v) is 26.8. The molecule has 0 aromatic heterocycles. The van der Waals surface area contributed by atoms with Gasteiger partial charge in [0.15, 0.2) is 9.84 Å². The number of hydrogen-bond donors (Lipinski definition) is 3. The third kappa shape index (κ3) is 10.6. The Morgan fingerprint density at radius 2 is 1.81 bits per heavy atom. The lowest BCUT2D eigenvalue weighted by Gasteiger charge is -2.33. The Kier molecular flexibility index (Phi) is 11.9. The van der Waals surface area contributed by atoms with Crippen molar-refractivity contribution in [1.82, 2.24) is 10.2 Å². The average molecular weight is 700 g/mol. The number of carboxylic acid groups (broad SMARTS) is 1. The van der Waals surface area contributed by atoms with Crippen LogP contribution in [0.2, 0.25) is 5.02 Å². The van der Waals surface area contributed by atoms with Crippen molar-refractivity contribution in [2.24, 2.45) is 0 Å². The predicted molar refractivity (Wildman–Crippen MR) is 168 cm³/mol. The zero-order valence-electron chi connectivity index (χ0n) is 25.3. The molecule has 1 aliphatic rings. The van der Waals surface area contributed by atoms with E-state index in [9.17, 15) is 31.2 Å². The summed E-state index contributed by atoms with van der Waals surface area (Å²) in [6.45, 7) is -1.85. The Morgan fingerprint density at radius 1 is 1.11 bits per heavy atom. The number of rotatable bonds is 12. The van der Waals surface area contributed by atoms with Crippen LogP contribution in [-0.2, 0) is 25.8 Å². The van der Waals surface area contributed by atoms with Gasteiger partial charge in [0.05, 0.1) is 17.6 Å². The molecule has 0 saturated carbocycles. The van der Waals surface area contributed by atoms with E-state index in [0.29, 0.717) is 17.0 Å². The highest BCUT2D eigenvalue weighted by molar-refractivity contribution is 7.90. The standard InChI is InChI=1S/C32H34ClF4N3O6S/c1-47(44,45)25-5-2-4-21(14-25)27(20-8-10-22(33)11-9-20)15-30(41)39-29-7-3-6-28(34)26(29)13-12-24-16-38-23(18-46-24)17-40(31(42)43)19-32(35,36)37/h2-11,14,23-24,27,38H,12-13,15-19H2,1H3,(H,39,41)(H,42,43)/t23-,24+,27-/m0/s1. The van der Waals surface area contributed by atoms with Crippen molar-refractivity contribution in [3.05, 3.63) is 94.3 Å². The van der Waals surface area contributed by atoms with Crippen LogP contribution in [-0.4, -0.2) is 81.2 Å². The number of alkyl halides is 3. The number of halogens is 5. The molecule has 3 atom stereocenters. The number of amides is 2. The van der Waals surface area contributed by atoms with Gasteiger partial charge in [-0.1, -0.05) is 41.9 Å². The number of morpholine rings is 1. The maximum atomic E-state index is 15.0. The van der Waals surface area contributed by atoms with Gasteiger partial charge in [-0.2, -0.15) is 13.2 Å². The van der Waals surface area contributed by atoms with Crippen molar-refractivity contribution in [3.63, 3.8) is 0 Å². The topological polar surface area (TPSA) is 125 Å². The number of sulfone groups is 1. The lowest BCUT2D eigenvalue weighted by molar-refractivity contribution is -0.143. The van der Waals surface area contributed by atoms with Gasteiger partial charge in [-0.25, -0.2) is 17.6 Å². The van der Waals surface area contributed by atoms with E-state index in [1.54, 1.807) is 42.5 Å². The van der Waals surface area contributed by atoms with Crippen molar-refractivity contribution < 1.29 is 45.4 Å². The SMILES string of the molecule is CS(=O)(=O)c1cccc([C@@H](CC(=O)Nc2cccc(F)c2CC[C@@H]2CN[C@@H](CN(CC(F)(F)F)C(=O)O)CO2)c2ccc(Cl)cc2)c1. The quantitative estimate of drug-likeness (QED) is 0.202. The summed E-state index contributed by atoms with van der Waals surface area (Å²) in [7, 11) is -3.51. The molecular formula is C32H34ClF4N3O6S. The van der Waals surface area contributed by atoms with Gasteiger partial charge in [-0.3, -0.25) is 9.69 Å². The summed E-state index contributed by atoms with van der Waals surface area (Å²) in [5.41, 5.74) is 1.80. The van der Waals surface area contributed by atoms with Crippen LogP contribution < -0.4 is 10.6 Å².